The largest absolute Gasteiger partial charge is 0.350 e. The number of nitrogens with zero attached hydrogens (tertiary/aromatic N) is 1. The zero-order valence-corrected chi connectivity index (χ0v) is 14.4. The number of hydrogen-bond acceptors (Lipinski definition) is 2. The number of urea groups is 1. The molecule has 2 N–H and O–H groups in total. The van der Waals surface area contributed by atoms with Crippen LogP contribution in [0.15, 0.2) is 54.6 Å². The molecule has 1 aliphatic rings. The first-order valence-corrected chi connectivity index (χ1v) is 8.64. The van der Waals surface area contributed by atoms with Gasteiger partial charge in [0.15, 0.2) is 0 Å². The molecule has 130 valence electrons. The first kappa shape index (κ1) is 17.0. The zero-order chi connectivity index (χ0) is 17.6. The lowest BCUT2D eigenvalue weighted by molar-refractivity contribution is 0.0938. The van der Waals surface area contributed by atoms with Crippen LogP contribution in [0.4, 0.5) is 10.5 Å². The van der Waals surface area contributed by atoms with Gasteiger partial charge in [0.2, 0.25) is 0 Å². The average Bonchev–Trinajstić information content (AvgIpc) is 3.07. The van der Waals surface area contributed by atoms with Crippen molar-refractivity contribution in [1.82, 2.24) is 10.6 Å². The zero-order valence-electron chi connectivity index (χ0n) is 14.4. The van der Waals surface area contributed by atoms with Gasteiger partial charge >= 0.3 is 6.03 Å². The van der Waals surface area contributed by atoms with Crippen molar-refractivity contribution in [3.8, 4) is 0 Å². The number of benzene rings is 2. The van der Waals surface area contributed by atoms with Crippen molar-refractivity contribution >= 4 is 17.6 Å². The van der Waals surface area contributed by atoms with Crippen LogP contribution in [0.1, 0.15) is 29.3 Å². The van der Waals surface area contributed by atoms with E-state index in [4.69, 9.17) is 0 Å². The van der Waals surface area contributed by atoms with Crippen molar-refractivity contribution in [3.05, 3.63) is 65.7 Å². The molecule has 1 saturated heterocycles. The summed E-state index contributed by atoms with van der Waals surface area (Å²) in [5.41, 5.74) is 2.69. The molecule has 2 aromatic carbocycles. The minimum Gasteiger partial charge on any atom is -0.350 e. The maximum absolute atomic E-state index is 12.4. The standard InChI is InChI=1S/C20H23N3O2/c1-15(7-8-16-5-3-2-4-6-16)22-19(24)17-9-11-18(12-10-17)23-14-13-21-20(23)25/h2-6,9-12,15H,7-8,13-14H2,1H3,(H,21,25)(H,22,24). The lowest BCUT2D eigenvalue weighted by Gasteiger charge is -2.16. The summed E-state index contributed by atoms with van der Waals surface area (Å²) in [6.07, 6.45) is 1.83. The molecule has 0 bridgehead atoms. The van der Waals surface area contributed by atoms with Gasteiger partial charge in [-0.25, -0.2) is 4.79 Å². The molecule has 5 heteroatoms. The molecule has 0 aliphatic carbocycles. The molecular formula is C20H23N3O2. The molecular weight excluding hydrogens is 314 g/mol. The van der Waals surface area contributed by atoms with E-state index >= 15 is 0 Å². The molecule has 1 atom stereocenters. The van der Waals surface area contributed by atoms with E-state index in [0.717, 1.165) is 18.5 Å². The van der Waals surface area contributed by atoms with Gasteiger partial charge in [-0.2, -0.15) is 0 Å². The highest BCUT2D eigenvalue weighted by atomic mass is 16.2. The fourth-order valence-corrected chi connectivity index (χ4v) is 2.92. The van der Waals surface area contributed by atoms with Crippen LogP contribution in [0.3, 0.4) is 0 Å². The van der Waals surface area contributed by atoms with Gasteiger partial charge < -0.3 is 10.6 Å². The van der Waals surface area contributed by atoms with Crippen LogP contribution in [-0.2, 0) is 6.42 Å². The average molecular weight is 337 g/mol. The molecule has 2 aromatic rings. The van der Waals surface area contributed by atoms with Crippen LogP contribution in [0.25, 0.3) is 0 Å². The highest BCUT2D eigenvalue weighted by Crippen LogP contribution is 2.17. The van der Waals surface area contributed by atoms with E-state index in [-0.39, 0.29) is 18.0 Å². The van der Waals surface area contributed by atoms with Crippen molar-refractivity contribution < 1.29 is 9.59 Å². The van der Waals surface area contributed by atoms with Gasteiger partial charge in [0, 0.05) is 30.4 Å². The van der Waals surface area contributed by atoms with Crippen LogP contribution in [-0.4, -0.2) is 31.1 Å². The smallest absolute Gasteiger partial charge is 0.321 e. The quantitative estimate of drug-likeness (QED) is 0.851. The lowest BCUT2D eigenvalue weighted by atomic mass is 10.1. The van der Waals surface area contributed by atoms with Crippen LogP contribution in [0.2, 0.25) is 0 Å². The molecule has 1 fully saturated rings. The maximum atomic E-state index is 12.4. The molecule has 0 radical (unpaired) electrons. The van der Waals surface area contributed by atoms with Crippen molar-refractivity contribution in [1.29, 1.82) is 0 Å². The summed E-state index contributed by atoms with van der Waals surface area (Å²) >= 11 is 0. The van der Waals surface area contributed by atoms with E-state index in [1.807, 2.05) is 37.3 Å². The summed E-state index contributed by atoms with van der Waals surface area (Å²) < 4.78 is 0. The topological polar surface area (TPSA) is 61.4 Å². The van der Waals surface area contributed by atoms with E-state index in [1.165, 1.54) is 5.56 Å². The third kappa shape index (κ3) is 4.38. The van der Waals surface area contributed by atoms with Crippen LogP contribution in [0.5, 0.6) is 0 Å². The Hall–Kier alpha value is -2.82. The second kappa shape index (κ2) is 7.83. The summed E-state index contributed by atoms with van der Waals surface area (Å²) in [5.74, 6) is -0.0852. The predicted molar refractivity (Wildman–Crippen MR) is 98.9 cm³/mol. The Labute approximate surface area is 148 Å². The van der Waals surface area contributed by atoms with Crippen molar-refractivity contribution in [2.75, 3.05) is 18.0 Å². The Kier molecular flexibility index (Phi) is 5.33. The molecule has 5 nitrogen and oxygen atoms in total. The number of amides is 3. The van der Waals surface area contributed by atoms with E-state index in [1.54, 1.807) is 17.0 Å². The molecule has 1 heterocycles. The monoisotopic (exact) mass is 337 g/mol. The molecule has 1 aliphatic heterocycles. The first-order chi connectivity index (χ1) is 12.1. The maximum Gasteiger partial charge on any atom is 0.321 e. The molecule has 3 rings (SSSR count). The van der Waals surface area contributed by atoms with E-state index < -0.39 is 0 Å². The third-order valence-corrected chi connectivity index (χ3v) is 4.38. The molecule has 1 unspecified atom stereocenters. The summed E-state index contributed by atoms with van der Waals surface area (Å²) in [4.78, 5) is 25.7. The fourth-order valence-electron chi connectivity index (χ4n) is 2.92. The highest BCUT2D eigenvalue weighted by Gasteiger charge is 2.21. The Balaban J connectivity index is 1.53. The summed E-state index contributed by atoms with van der Waals surface area (Å²) in [7, 11) is 0. The summed E-state index contributed by atoms with van der Waals surface area (Å²) in [6, 6.07) is 17.4. The van der Waals surface area contributed by atoms with E-state index in [9.17, 15) is 9.59 Å². The van der Waals surface area contributed by atoms with Gasteiger partial charge in [-0.05, 0) is 49.6 Å². The van der Waals surface area contributed by atoms with Gasteiger partial charge in [0.05, 0.1) is 0 Å². The number of anilines is 1. The van der Waals surface area contributed by atoms with Crippen LogP contribution >= 0.6 is 0 Å². The molecule has 3 amide bonds. The van der Waals surface area contributed by atoms with Crippen LogP contribution < -0.4 is 15.5 Å². The molecule has 0 aromatic heterocycles. The van der Waals surface area contributed by atoms with Gasteiger partial charge in [-0.3, -0.25) is 9.69 Å². The van der Waals surface area contributed by atoms with Crippen molar-refractivity contribution in [2.45, 2.75) is 25.8 Å². The minimum absolute atomic E-state index is 0.0852. The van der Waals surface area contributed by atoms with Crippen molar-refractivity contribution in [2.24, 2.45) is 0 Å². The van der Waals surface area contributed by atoms with Crippen molar-refractivity contribution in [3.63, 3.8) is 0 Å². The Morgan fingerprint density at radius 3 is 2.52 bits per heavy atom. The fraction of sp³-hybridized carbons (Fsp3) is 0.300. The predicted octanol–water partition coefficient (Wildman–Crippen LogP) is 2.97. The van der Waals surface area contributed by atoms with Gasteiger partial charge in [0.1, 0.15) is 0 Å². The second-order valence-corrected chi connectivity index (χ2v) is 6.33. The molecule has 25 heavy (non-hydrogen) atoms. The highest BCUT2D eigenvalue weighted by molar-refractivity contribution is 5.97. The Morgan fingerprint density at radius 1 is 1.16 bits per heavy atom. The third-order valence-electron chi connectivity index (χ3n) is 4.38. The molecule has 0 saturated carbocycles. The SMILES string of the molecule is CC(CCc1ccccc1)NC(=O)c1ccc(N2CCNC2=O)cc1. The number of hydrogen-bond donors (Lipinski definition) is 2. The summed E-state index contributed by atoms with van der Waals surface area (Å²) in [5, 5.41) is 5.80. The Morgan fingerprint density at radius 2 is 1.88 bits per heavy atom. The number of rotatable bonds is 6. The second-order valence-electron chi connectivity index (χ2n) is 6.33. The summed E-state index contributed by atoms with van der Waals surface area (Å²) in [6.45, 7) is 3.32. The minimum atomic E-state index is -0.0910. The van der Waals surface area contributed by atoms with E-state index in [2.05, 4.69) is 22.8 Å². The lowest BCUT2D eigenvalue weighted by Crippen LogP contribution is -2.33. The Bertz CT molecular complexity index is 728. The van der Waals surface area contributed by atoms with E-state index in [0.29, 0.717) is 18.7 Å². The number of carbonyl (C=O) groups excluding carboxylic acids is 2. The number of aryl methyl sites for hydroxylation is 1. The van der Waals surface area contributed by atoms with Gasteiger partial charge in [-0.15, -0.1) is 0 Å². The van der Waals surface area contributed by atoms with Crippen LogP contribution in [0, 0.1) is 0 Å². The van der Waals surface area contributed by atoms with Gasteiger partial charge in [-0.1, -0.05) is 30.3 Å². The normalized spacial score (nSPS) is 14.9. The van der Waals surface area contributed by atoms with Gasteiger partial charge in [0.25, 0.3) is 5.91 Å². The number of carbonyl (C=O) groups is 2. The molecule has 0 spiro atoms. The first-order valence-electron chi connectivity index (χ1n) is 8.64. The number of nitrogens with one attached hydrogen (secondary N) is 2.